The summed E-state index contributed by atoms with van der Waals surface area (Å²) < 4.78 is 5.27. The predicted octanol–water partition coefficient (Wildman–Crippen LogP) is 4.01. The smallest absolute Gasteiger partial charge is 0.119 e. The first-order chi connectivity index (χ1) is 9.80. The molecular weight excluding hydrogens is 248 g/mol. The first kappa shape index (κ1) is 12.7. The van der Waals surface area contributed by atoms with Crippen molar-refractivity contribution in [1.29, 1.82) is 0 Å². The molecule has 0 saturated carbocycles. The topological polar surface area (TPSA) is 29.5 Å². The molecular formula is C18H16O2. The van der Waals surface area contributed by atoms with Crippen LogP contribution in [0, 0.1) is 0 Å². The highest BCUT2D eigenvalue weighted by molar-refractivity contribution is 5.88. The fraction of sp³-hybridized carbons (Fsp3) is 0.111. The van der Waals surface area contributed by atoms with Crippen LogP contribution in [0.2, 0.25) is 0 Å². The molecule has 0 aliphatic heterocycles. The highest BCUT2D eigenvalue weighted by atomic mass is 16.5. The normalized spacial score (nSPS) is 10.7. The summed E-state index contributed by atoms with van der Waals surface area (Å²) in [5, 5.41) is 11.5. The molecule has 2 heteroatoms. The van der Waals surface area contributed by atoms with Crippen LogP contribution >= 0.6 is 0 Å². The maximum Gasteiger partial charge on any atom is 0.119 e. The molecule has 0 fully saturated rings. The van der Waals surface area contributed by atoms with Crippen molar-refractivity contribution < 1.29 is 9.84 Å². The Morgan fingerprint density at radius 3 is 2.40 bits per heavy atom. The van der Waals surface area contributed by atoms with E-state index >= 15 is 0 Å². The Kier molecular flexibility index (Phi) is 3.40. The van der Waals surface area contributed by atoms with Gasteiger partial charge in [-0.25, -0.2) is 0 Å². The van der Waals surface area contributed by atoms with E-state index in [1.54, 1.807) is 7.11 Å². The summed E-state index contributed by atoms with van der Waals surface area (Å²) in [4.78, 5) is 0. The summed E-state index contributed by atoms with van der Waals surface area (Å²) >= 11 is 0. The quantitative estimate of drug-likeness (QED) is 0.774. The van der Waals surface area contributed by atoms with Gasteiger partial charge in [-0.15, -0.1) is 0 Å². The molecule has 0 aliphatic carbocycles. The average Bonchev–Trinajstić information content (AvgIpc) is 2.54. The Morgan fingerprint density at radius 2 is 1.60 bits per heavy atom. The van der Waals surface area contributed by atoms with Gasteiger partial charge in [0.05, 0.1) is 13.7 Å². The molecule has 3 rings (SSSR count). The molecule has 0 atom stereocenters. The van der Waals surface area contributed by atoms with Crippen molar-refractivity contribution in [3.63, 3.8) is 0 Å². The molecule has 0 radical (unpaired) electrons. The fourth-order valence-corrected chi connectivity index (χ4v) is 2.38. The third-order valence-electron chi connectivity index (χ3n) is 3.49. The molecule has 20 heavy (non-hydrogen) atoms. The Balaban J connectivity index is 2.08. The van der Waals surface area contributed by atoms with Gasteiger partial charge in [-0.2, -0.15) is 0 Å². The van der Waals surface area contributed by atoms with Crippen molar-refractivity contribution in [3.8, 4) is 16.9 Å². The van der Waals surface area contributed by atoms with Crippen LogP contribution in [0.15, 0.2) is 60.7 Å². The van der Waals surface area contributed by atoms with E-state index < -0.39 is 0 Å². The molecule has 0 amide bonds. The maximum atomic E-state index is 9.17. The largest absolute Gasteiger partial charge is 0.497 e. The van der Waals surface area contributed by atoms with E-state index in [-0.39, 0.29) is 6.61 Å². The SMILES string of the molecule is COc1cccc(-c2ccc3cc(CO)ccc3c2)c1. The summed E-state index contributed by atoms with van der Waals surface area (Å²) in [6, 6.07) is 20.4. The lowest BCUT2D eigenvalue weighted by atomic mass is 10.00. The lowest BCUT2D eigenvalue weighted by Crippen LogP contribution is -1.85. The van der Waals surface area contributed by atoms with Crippen LogP contribution in [0.4, 0.5) is 0 Å². The van der Waals surface area contributed by atoms with Gasteiger partial charge in [0.15, 0.2) is 0 Å². The summed E-state index contributed by atoms with van der Waals surface area (Å²) in [6.45, 7) is 0.0770. The van der Waals surface area contributed by atoms with E-state index in [1.165, 1.54) is 5.39 Å². The number of hydrogen-bond donors (Lipinski definition) is 1. The number of fused-ring (bicyclic) bond motifs is 1. The molecule has 2 nitrogen and oxygen atoms in total. The van der Waals surface area contributed by atoms with Gasteiger partial charge in [0.1, 0.15) is 5.75 Å². The molecule has 0 heterocycles. The van der Waals surface area contributed by atoms with E-state index in [2.05, 4.69) is 24.3 Å². The lowest BCUT2D eigenvalue weighted by molar-refractivity contribution is 0.282. The average molecular weight is 264 g/mol. The number of rotatable bonds is 3. The van der Waals surface area contributed by atoms with Crippen molar-refractivity contribution in [2.24, 2.45) is 0 Å². The molecule has 0 spiro atoms. The highest BCUT2D eigenvalue weighted by Crippen LogP contribution is 2.27. The Morgan fingerprint density at radius 1 is 0.850 bits per heavy atom. The minimum Gasteiger partial charge on any atom is -0.497 e. The molecule has 3 aromatic rings. The van der Waals surface area contributed by atoms with Crippen LogP contribution in [0.3, 0.4) is 0 Å². The maximum absolute atomic E-state index is 9.17. The summed E-state index contributed by atoms with van der Waals surface area (Å²) in [5.41, 5.74) is 3.23. The van der Waals surface area contributed by atoms with Crippen molar-refractivity contribution in [3.05, 3.63) is 66.2 Å². The number of benzene rings is 3. The second-order valence-electron chi connectivity index (χ2n) is 4.79. The van der Waals surface area contributed by atoms with Gasteiger partial charge in [0, 0.05) is 0 Å². The molecule has 1 N–H and O–H groups in total. The monoisotopic (exact) mass is 264 g/mol. The van der Waals surface area contributed by atoms with Gasteiger partial charge in [-0.3, -0.25) is 0 Å². The first-order valence-corrected chi connectivity index (χ1v) is 6.58. The van der Waals surface area contributed by atoms with Crippen LogP contribution in [0.25, 0.3) is 21.9 Å². The Bertz CT molecular complexity index is 747. The lowest BCUT2D eigenvalue weighted by Gasteiger charge is -2.07. The van der Waals surface area contributed by atoms with Crippen LogP contribution < -0.4 is 4.74 Å². The van der Waals surface area contributed by atoms with Crippen molar-refractivity contribution >= 4 is 10.8 Å². The van der Waals surface area contributed by atoms with Crippen LogP contribution in [-0.4, -0.2) is 12.2 Å². The number of hydrogen-bond acceptors (Lipinski definition) is 2. The third-order valence-corrected chi connectivity index (χ3v) is 3.49. The number of aliphatic hydroxyl groups is 1. The zero-order chi connectivity index (χ0) is 13.9. The summed E-state index contributed by atoms with van der Waals surface area (Å²) in [5.74, 6) is 0.859. The van der Waals surface area contributed by atoms with Gasteiger partial charge < -0.3 is 9.84 Å². The number of ether oxygens (including phenoxy) is 1. The van der Waals surface area contributed by atoms with Gasteiger partial charge in [-0.05, 0) is 51.7 Å². The van der Waals surface area contributed by atoms with Crippen LogP contribution in [-0.2, 0) is 6.61 Å². The van der Waals surface area contributed by atoms with Crippen LogP contribution in [0.1, 0.15) is 5.56 Å². The molecule has 0 saturated heterocycles. The van der Waals surface area contributed by atoms with E-state index in [1.807, 2.05) is 36.4 Å². The van der Waals surface area contributed by atoms with Crippen molar-refractivity contribution in [2.45, 2.75) is 6.61 Å². The molecule has 0 unspecified atom stereocenters. The Labute approximate surface area is 118 Å². The zero-order valence-corrected chi connectivity index (χ0v) is 11.3. The second-order valence-corrected chi connectivity index (χ2v) is 4.79. The zero-order valence-electron chi connectivity index (χ0n) is 11.3. The standard InChI is InChI=1S/C18H16O2/c1-20-18-4-2-3-14(11-18)17-8-7-15-9-13(12-19)5-6-16(15)10-17/h2-11,19H,12H2,1H3. The van der Waals surface area contributed by atoms with Crippen LogP contribution in [0.5, 0.6) is 5.75 Å². The summed E-state index contributed by atoms with van der Waals surface area (Å²) in [7, 11) is 1.68. The Hall–Kier alpha value is -2.32. The molecule has 100 valence electrons. The minimum absolute atomic E-state index is 0.0770. The van der Waals surface area contributed by atoms with Gasteiger partial charge in [0.25, 0.3) is 0 Å². The van der Waals surface area contributed by atoms with Crippen molar-refractivity contribution in [1.82, 2.24) is 0 Å². The van der Waals surface area contributed by atoms with Gasteiger partial charge >= 0.3 is 0 Å². The highest BCUT2D eigenvalue weighted by Gasteiger charge is 2.02. The second kappa shape index (κ2) is 5.35. The molecule has 3 aromatic carbocycles. The molecule has 0 aromatic heterocycles. The first-order valence-electron chi connectivity index (χ1n) is 6.58. The van der Waals surface area contributed by atoms with E-state index in [0.717, 1.165) is 27.8 Å². The van der Waals surface area contributed by atoms with Gasteiger partial charge in [-0.1, -0.05) is 36.4 Å². The minimum atomic E-state index is 0.0770. The molecule has 0 aliphatic rings. The van der Waals surface area contributed by atoms with Crippen molar-refractivity contribution in [2.75, 3.05) is 7.11 Å². The summed E-state index contributed by atoms with van der Waals surface area (Å²) in [6.07, 6.45) is 0. The fourth-order valence-electron chi connectivity index (χ4n) is 2.38. The third kappa shape index (κ3) is 2.38. The molecule has 0 bridgehead atoms. The van der Waals surface area contributed by atoms with E-state index in [0.29, 0.717) is 0 Å². The number of methoxy groups -OCH3 is 1. The van der Waals surface area contributed by atoms with E-state index in [4.69, 9.17) is 4.74 Å². The van der Waals surface area contributed by atoms with E-state index in [9.17, 15) is 5.11 Å². The number of aliphatic hydroxyl groups excluding tert-OH is 1. The van der Waals surface area contributed by atoms with Gasteiger partial charge in [0.2, 0.25) is 0 Å². The predicted molar refractivity (Wildman–Crippen MR) is 81.9 cm³/mol.